The monoisotopic (exact) mass is 366 g/mol. The van der Waals surface area contributed by atoms with Crippen LogP contribution < -0.4 is 10.6 Å². The molecule has 2 N–H and O–H groups in total. The van der Waals surface area contributed by atoms with Gasteiger partial charge in [-0.2, -0.15) is 0 Å². The van der Waals surface area contributed by atoms with Gasteiger partial charge in [-0.25, -0.2) is 9.59 Å². The lowest BCUT2D eigenvalue weighted by Gasteiger charge is -2.13. The number of esters is 1. The number of carbonyl (C=O) groups is 3. The summed E-state index contributed by atoms with van der Waals surface area (Å²) in [4.78, 5) is 37.6. The third-order valence-electron chi connectivity index (χ3n) is 4.01. The van der Waals surface area contributed by atoms with Crippen molar-refractivity contribution in [2.45, 2.75) is 71.4 Å². The van der Waals surface area contributed by atoms with Gasteiger partial charge in [0.05, 0.1) is 0 Å². The van der Waals surface area contributed by atoms with E-state index in [1.54, 1.807) is 13.8 Å². The third kappa shape index (κ3) is 5.85. The third-order valence-corrected chi connectivity index (χ3v) is 5.22. The summed E-state index contributed by atoms with van der Waals surface area (Å²) in [6.45, 7) is 5.03. The number of carbonyl (C=O) groups excluding carboxylic acids is 3. The van der Waals surface area contributed by atoms with Crippen LogP contribution in [-0.4, -0.2) is 30.1 Å². The van der Waals surface area contributed by atoms with Crippen molar-refractivity contribution in [2.24, 2.45) is 0 Å². The molecule has 0 radical (unpaired) electrons. The summed E-state index contributed by atoms with van der Waals surface area (Å²) in [5.41, 5.74) is 1.23. The number of hydrogen-bond acceptors (Lipinski definition) is 5. The van der Waals surface area contributed by atoms with Crippen molar-refractivity contribution in [3.05, 3.63) is 21.4 Å². The van der Waals surface area contributed by atoms with E-state index in [4.69, 9.17) is 4.74 Å². The predicted octanol–water partition coefficient (Wildman–Crippen LogP) is 3.19. The molecule has 6 nitrogen and oxygen atoms in total. The van der Waals surface area contributed by atoms with Crippen molar-refractivity contribution in [1.82, 2.24) is 10.6 Å². The standard InChI is InChI=1S/C18H26N2O4S/c1-11(2)19-18(23)20-16(21)12(3)24-17(22)15-10-13-8-6-4-5-7-9-14(13)25-15/h10-12H,4-9H2,1-3H3,(H2,19,20,21,23)/t12-/m0/s1. The molecule has 1 aliphatic carbocycles. The minimum absolute atomic E-state index is 0.0868. The zero-order chi connectivity index (χ0) is 18.4. The predicted molar refractivity (Wildman–Crippen MR) is 96.9 cm³/mol. The Morgan fingerprint density at radius 3 is 2.44 bits per heavy atom. The van der Waals surface area contributed by atoms with Gasteiger partial charge in [0.15, 0.2) is 6.10 Å². The maximum absolute atomic E-state index is 12.3. The largest absolute Gasteiger partial charge is 0.448 e. The van der Waals surface area contributed by atoms with Gasteiger partial charge in [0.1, 0.15) is 4.88 Å². The smallest absolute Gasteiger partial charge is 0.349 e. The van der Waals surface area contributed by atoms with Crippen LogP contribution in [0, 0.1) is 0 Å². The van der Waals surface area contributed by atoms with E-state index in [0.29, 0.717) is 4.88 Å². The molecule has 0 spiro atoms. The number of ether oxygens (including phenoxy) is 1. The van der Waals surface area contributed by atoms with Crippen LogP contribution in [0.3, 0.4) is 0 Å². The average Bonchev–Trinajstić information content (AvgIpc) is 2.88. The molecule has 0 saturated carbocycles. The summed E-state index contributed by atoms with van der Waals surface area (Å²) >= 11 is 1.46. The molecule has 138 valence electrons. The molecular weight excluding hydrogens is 340 g/mol. The van der Waals surface area contributed by atoms with E-state index in [1.165, 1.54) is 41.5 Å². The van der Waals surface area contributed by atoms with Gasteiger partial charge in [-0.05, 0) is 58.1 Å². The molecular formula is C18H26N2O4S. The maximum Gasteiger partial charge on any atom is 0.349 e. The van der Waals surface area contributed by atoms with Crippen molar-refractivity contribution in [3.8, 4) is 0 Å². The Morgan fingerprint density at radius 1 is 1.08 bits per heavy atom. The van der Waals surface area contributed by atoms with Gasteiger partial charge < -0.3 is 10.1 Å². The Balaban J connectivity index is 1.93. The highest BCUT2D eigenvalue weighted by atomic mass is 32.1. The zero-order valence-corrected chi connectivity index (χ0v) is 15.8. The molecule has 1 atom stereocenters. The summed E-state index contributed by atoms with van der Waals surface area (Å²) in [5.74, 6) is -1.15. The SMILES string of the molecule is CC(C)NC(=O)NC(=O)[C@H](C)OC(=O)c1cc2c(s1)CCCCCC2. The van der Waals surface area contributed by atoms with Gasteiger partial charge in [-0.3, -0.25) is 10.1 Å². The van der Waals surface area contributed by atoms with Gasteiger partial charge in [0.2, 0.25) is 0 Å². The van der Waals surface area contributed by atoms with Crippen LogP contribution in [0.15, 0.2) is 6.07 Å². The molecule has 1 aromatic rings. The van der Waals surface area contributed by atoms with Crippen molar-refractivity contribution >= 4 is 29.2 Å². The van der Waals surface area contributed by atoms with E-state index in [9.17, 15) is 14.4 Å². The first-order valence-corrected chi connectivity index (χ1v) is 9.62. The van der Waals surface area contributed by atoms with Crippen molar-refractivity contribution in [3.63, 3.8) is 0 Å². The summed E-state index contributed by atoms with van der Waals surface area (Å²) in [6.07, 6.45) is 5.70. The molecule has 0 fully saturated rings. The van der Waals surface area contributed by atoms with E-state index in [-0.39, 0.29) is 6.04 Å². The maximum atomic E-state index is 12.3. The van der Waals surface area contributed by atoms with Crippen LogP contribution in [0.5, 0.6) is 0 Å². The molecule has 0 saturated heterocycles. The fourth-order valence-electron chi connectivity index (χ4n) is 2.73. The van der Waals surface area contributed by atoms with Gasteiger partial charge >= 0.3 is 12.0 Å². The minimum Gasteiger partial charge on any atom is -0.448 e. The minimum atomic E-state index is -1.03. The lowest BCUT2D eigenvalue weighted by atomic mass is 10.00. The molecule has 2 rings (SSSR count). The van der Waals surface area contributed by atoms with Gasteiger partial charge in [-0.15, -0.1) is 11.3 Å². The first-order chi connectivity index (χ1) is 11.9. The molecule has 1 heterocycles. The van der Waals surface area contributed by atoms with Crippen molar-refractivity contribution in [1.29, 1.82) is 0 Å². The zero-order valence-electron chi connectivity index (χ0n) is 15.0. The Bertz CT molecular complexity index is 614. The van der Waals surface area contributed by atoms with Crippen LogP contribution >= 0.6 is 11.3 Å². The topological polar surface area (TPSA) is 84.5 Å². The number of thiophene rings is 1. The van der Waals surface area contributed by atoms with E-state index >= 15 is 0 Å². The van der Waals surface area contributed by atoms with Crippen molar-refractivity contribution in [2.75, 3.05) is 0 Å². The molecule has 1 aliphatic rings. The normalized spacial score (nSPS) is 15.5. The van der Waals surface area contributed by atoms with Gasteiger partial charge in [-0.1, -0.05) is 12.8 Å². The lowest BCUT2D eigenvalue weighted by molar-refractivity contribution is -0.127. The molecule has 1 aromatic heterocycles. The summed E-state index contributed by atoms with van der Waals surface area (Å²) in [6, 6.07) is 1.21. The Morgan fingerprint density at radius 2 is 1.76 bits per heavy atom. The molecule has 0 unspecified atom stereocenters. The number of fused-ring (bicyclic) bond motifs is 1. The summed E-state index contributed by atoms with van der Waals surface area (Å²) in [5, 5.41) is 4.72. The molecule has 0 bridgehead atoms. The van der Waals surface area contributed by atoms with Crippen LogP contribution in [0.4, 0.5) is 4.79 Å². The number of amides is 3. The molecule has 0 aromatic carbocycles. The van der Waals surface area contributed by atoms with E-state index in [2.05, 4.69) is 10.6 Å². The van der Waals surface area contributed by atoms with Crippen LogP contribution in [0.2, 0.25) is 0 Å². The number of imide groups is 1. The summed E-state index contributed by atoms with van der Waals surface area (Å²) < 4.78 is 5.22. The Labute approximate surface area is 152 Å². The number of nitrogens with one attached hydrogen (secondary N) is 2. The van der Waals surface area contributed by atoms with Gasteiger partial charge in [0, 0.05) is 10.9 Å². The lowest BCUT2D eigenvalue weighted by Crippen LogP contribution is -2.46. The highest BCUT2D eigenvalue weighted by molar-refractivity contribution is 7.14. The average molecular weight is 366 g/mol. The fraction of sp³-hybridized carbons (Fsp3) is 0.611. The van der Waals surface area contributed by atoms with E-state index < -0.39 is 24.0 Å². The van der Waals surface area contributed by atoms with Gasteiger partial charge in [0.25, 0.3) is 5.91 Å². The first kappa shape index (κ1) is 19.4. The highest BCUT2D eigenvalue weighted by Crippen LogP contribution is 2.29. The Kier molecular flexibility index (Phi) is 6.99. The number of urea groups is 1. The number of hydrogen-bond donors (Lipinski definition) is 2. The molecule has 7 heteroatoms. The summed E-state index contributed by atoms with van der Waals surface area (Å²) in [7, 11) is 0. The molecule has 0 aliphatic heterocycles. The second kappa shape index (κ2) is 8.99. The second-order valence-corrected chi connectivity index (χ2v) is 7.77. The first-order valence-electron chi connectivity index (χ1n) is 8.80. The highest BCUT2D eigenvalue weighted by Gasteiger charge is 2.23. The van der Waals surface area contributed by atoms with Crippen LogP contribution in [0.25, 0.3) is 0 Å². The van der Waals surface area contributed by atoms with Crippen LogP contribution in [0.1, 0.15) is 66.6 Å². The molecule has 3 amide bonds. The Hall–Kier alpha value is -1.89. The number of aryl methyl sites for hydroxylation is 2. The van der Waals surface area contributed by atoms with Crippen LogP contribution in [-0.2, 0) is 22.4 Å². The van der Waals surface area contributed by atoms with Crippen molar-refractivity contribution < 1.29 is 19.1 Å². The second-order valence-electron chi connectivity index (χ2n) is 6.64. The number of rotatable bonds is 4. The van der Waals surface area contributed by atoms with E-state index in [1.807, 2.05) is 6.07 Å². The fourth-order valence-corrected chi connectivity index (χ4v) is 3.87. The molecule has 25 heavy (non-hydrogen) atoms. The quantitative estimate of drug-likeness (QED) is 0.802. The van der Waals surface area contributed by atoms with E-state index in [0.717, 1.165) is 25.7 Å².